The van der Waals surface area contributed by atoms with Crippen LogP contribution in [-0.2, 0) is 0 Å². The lowest BCUT2D eigenvalue weighted by Crippen LogP contribution is -2.63. The van der Waals surface area contributed by atoms with E-state index in [4.69, 9.17) is 0 Å². The topological polar surface area (TPSA) is 60.7 Å². The fourth-order valence-corrected chi connectivity index (χ4v) is 8.94. The summed E-state index contributed by atoms with van der Waals surface area (Å²) in [7, 11) is 0. The van der Waals surface area contributed by atoms with Crippen molar-refractivity contribution in [3.63, 3.8) is 0 Å². The van der Waals surface area contributed by atoms with E-state index in [0.29, 0.717) is 23.7 Å². The van der Waals surface area contributed by atoms with Gasteiger partial charge in [0.15, 0.2) is 0 Å². The van der Waals surface area contributed by atoms with Crippen molar-refractivity contribution in [1.29, 1.82) is 0 Å². The first kappa shape index (κ1) is 20.2. The van der Waals surface area contributed by atoms with E-state index in [0.717, 1.165) is 32.1 Å². The average molecular weight is 379 g/mol. The number of hydrogen-bond acceptors (Lipinski definition) is 3. The summed E-state index contributed by atoms with van der Waals surface area (Å²) in [6.07, 6.45) is 8.58. The van der Waals surface area contributed by atoms with Crippen LogP contribution in [0.5, 0.6) is 0 Å². The molecule has 4 aliphatic rings. The third-order valence-corrected chi connectivity index (χ3v) is 10.1. The van der Waals surface area contributed by atoms with Gasteiger partial charge in [0, 0.05) is 0 Å². The highest BCUT2D eigenvalue weighted by molar-refractivity contribution is 5.14. The van der Waals surface area contributed by atoms with Gasteiger partial charge in [-0.2, -0.15) is 0 Å². The van der Waals surface area contributed by atoms with Crippen molar-refractivity contribution >= 4 is 0 Å². The lowest BCUT2D eigenvalue weighted by Gasteiger charge is -2.63. The zero-order chi connectivity index (χ0) is 19.6. The third-order valence-electron chi connectivity index (χ3n) is 10.1. The van der Waals surface area contributed by atoms with Crippen LogP contribution in [0, 0.1) is 46.3 Å². The van der Waals surface area contributed by atoms with Crippen LogP contribution in [0.4, 0.5) is 0 Å². The lowest BCUT2D eigenvalue weighted by molar-refractivity contribution is -0.213. The summed E-state index contributed by atoms with van der Waals surface area (Å²) in [5, 5.41) is 32.9. The van der Waals surface area contributed by atoms with Crippen LogP contribution < -0.4 is 0 Å². The molecule has 0 aromatic rings. The summed E-state index contributed by atoms with van der Waals surface area (Å²) in [4.78, 5) is 0. The van der Waals surface area contributed by atoms with Crippen LogP contribution in [0.3, 0.4) is 0 Å². The Balaban J connectivity index is 1.66. The van der Waals surface area contributed by atoms with Gasteiger partial charge in [-0.1, -0.05) is 40.5 Å². The Labute approximate surface area is 165 Å². The fraction of sp³-hybridized carbons (Fsp3) is 1.00. The SMILES string of the molecule is CCC[C@@H](C)[C@H]1CC[C@H]2[C@@H]3C(O)CC4CC(O)CC[C@]4(C)[C@H]3C(O)C[C@]12C. The predicted octanol–water partition coefficient (Wildman–Crippen LogP) is 4.38. The van der Waals surface area contributed by atoms with E-state index in [1.807, 2.05) is 0 Å². The molecule has 4 rings (SSSR count). The van der Waals surface area contributed by atoms with E-state index in [1.165, 1.54) is 25.7 Å². The van der Waals surface area contributed by atoms with Gasteiger partial charge in [-0.3, -0.25) is 0 Å². The van der Waals surface area contributed by atoms with E-state index in [2.05, 4.69) is 27.7 Å². The van der Waals surface area contributed by atoms with Crippen LogP contribution >= 0.6 is 0 Å². The van der Waals surface area contributed by atoms with Gasteiger partial charge in [0.1, 0.15) is 0 Å². The first-order valence-corrected chi connectivity index (χ1v) is 11.8. The standard InChI is InChI=1S/C24H42O3/c1-5-6-14(2)17-7-8-18-21-19(26)12-15-11-16(25)9-10-23(15,3)22(21)20(27)13-24(17,18)4/h14-22,25-27H,5-13H2,1-4H3/t14-,15?,16?,17-,18+,19?,20?,21-,22+,23+,24-/m1/s1. The molecule has 0 bridgehead atoms. The minimum absolute atomic E-state index is 0.0804. The van der Waals surface area contributed by atoms with Crippen molar-refractivity contribution in [3.8, 4) is 0 Å². The van der Waals surface area contributed by atoms with Gasteiger partial charge in [0.2, 0.25) is 0 Å². The van der Waals surface area contributed by atoms with Gasteiger partial charge < -0.3 is 15.3 Å². The molecule has 0 amide bonds. The molecule has 4 aliphatic carbocycles. The number of aliphatic hydroxyl groups is 3. The maximum Gasteiger partial charge on any atom is 0.0582 e. The average Bonchev–Trinajstić information content (AvgIpc) is 2.93. The zero-order valence-electron chi connectivity index (χ0n) is 17.9. The summed E-state index contributed by atoms with van der Waals surface area (Å²) < 4.78 is 0. The van der Waals surface area contributed by atoms with E-state index >= 15 is 0 Å². The summed E-state index contributed by atoms with van der Waals surface area (Å²) in [5.41, 5.74) is 0.254. The van der Waals surface area contributed by atoms with Gasteiger partial charge in [0.25, 0.3) is 0 Å². The molecule has 0 aliphatic heterocycles. The van der Waals surface area contributed by atoms with Crippen LogP contribution in [0.2, 0.25) is 0 Å². The van der Waals surface area contributed by atoms with Crippen molar-refractivity contribution in [3.05, 3.63) is 0 Å². The highest BCUT2D eigenvalue weighted by atomic mass is 16.3. The van der Waals surface area contributed by atoms with Crippen LogP contribution in [0.25, 0.3) is 0 Å². The molecule has 3 nitrogen and oxygen atoms in total. The second-order valence-corrected chi connectivity index (χ2v) is 11.4. The summed E-state index contributed by atoms with van der Waals surface area (Å²) in [6.45, 7) is 9.50. The molecule has 156 valence electrons. The van der Waals surface area contributed by atoms with Crippen molar-refractivity contribution in [1.82, 2.24) is 0 Å². The zero-order valence-corrected chi connectivity index (χ0v) is 17.9. The van der Waals surface area contributed by atoms with Gasteiger partial charge in [-0.25, -0.2) is 0 Å². The van der Waals surface area contributed by atoms with E-state index < -0.39 is 0 Å². The first-order valence-electron chi connectivity index (χ1n) is 11.8. The molecule has 0 aromatic heterocycles. The van der Waals surface area contributed by atoms with Gasteiger partial charge in [-0.05, 0) is 91.3 Å². The van der Waals surface area contributed by atoms with Crippen LogP contribution in [0.15, 0.2) is 0 Å². The van der Waals surface area contributed by atoms with E-state index in [9.17, 15) is 15.3 Å². The first-order chi connectivity index (χ1) is 12.7. The Morgan fingerprint density at radius 2 is 1.70 bits per heavy atom. The minimum Gasteiger partial charge on any atom is -0.393 e. The minimum atomic E-state index is -0.308. The normalized spacial score (nSPS) is 56.1. The summed E-state index contributed by atoms with van der Waals surface area (Å²) in [6, 6.07) is 0. The molecule has 0 radical (unpaired) electrons. The van der Waals surface area contributed by atoms with Crippen LogP contribution in [0.1, 0.15) is 85.5 Å². The largest absolute Gasteiger partial charge is 0.393 e. The maximum absolute atomic E-state index is 11.5. The molecular formula is C24H42O3. The second kappa shape index (κ2) is 6.99. The molecule has 3 heteroatoms. The third kappa shape index (κ3) is 2.94. The maximum atomic E-state index is 11.5. The highest BCUT2D eigenvalue weighted by Crippen LogP contribution is 2.68. The molecule has 4 unspecified atom stereocenters. The molecule has 27 heavy (non-hydrogen) atoms. The number of fused-ring (bicyclic) bond motifs is 5. The molecule has 4 fully saturated rings. The predicted molar refractivity (Wildman–Crippen MR) is 108 cm³/mol. The molecule has 3 N–H and O–H groups in total. The fourth-order valence-electron chi connectivity index (χ4n) is 8.94. The second-order valence-electron chi connectivity index (χ2n) is 11.4. The molecule has 4 saturated carbocycles. The number of hydrogen-bond donors (Lipinski definition) is 3. The van der Waals surface area contributed by atoms with Crippen molar-refractivity contribution < 1.29 is 15.3 Å². The van der Waals surface area contributed by atoms with Gasteiger partial charge in [-0.15, -0.1) is 0 Å². The smallest absolute Gasteiger partial charge is 0.0582 e. The number of aliphatic hydroxyl groups excluding tert-OH is 3. The molecule has 0 aromatic carbocycles. The Morgan fingerprint density at radius 1 is 0.963 bits per heavy atom. The van der Waals surface area contributed by atoms with Crippen molar-refractivity contribution in [2.24, 2.45) is 46.3 Å². The molecular weight excluding hydrogens is 336 g/mol. The monoisotopic (exact) mass is 378 g/mol. The van der Waals surface area contributed by atoms with Gasteiger partial charge >= 0.3 is 0 Å². The van der Waals surface area contributed by atoms with E-state index in [-0.39, 0.29) is 41.0 Å². The molecule has 0 spiro atoms. The Morgan fingerprint density at radius 3 is 2.41 bits per heavy atom. The quantitative estimate of drug-likeness (QED) is 0.683. The van der Waals surface area contributed by atoms with Crippen molar-refractivity contribution in [2.45, 2.75) is 104 Å². The van der Waals surface area contributed by atoms with Crippen LogP contribution in [-0.4, -0.2) is 33.6 Å². The van der Waals surface area contributed by atoms with E-state index in [1.54, 1.807) is 0 Å². The molecule has 0 heterocycles. The number of rotatable bonds is 3. The highest BCUT2D eigenvalue weighted by Gasteiger charge is 2.65. The lowest BCUT2D eigenvalue weighted by atomic mass is 9.43. The summed E-state index contributed by atoms with van der Waals surface area (Å²) >= 11 is 0. The van der Waals surface area contributed by atoms with Gasteiger partial charge in [0.05, 0.1) is 18.3 Å². The Hall–Kier alpha value is -0.120. The Kier molecular flexibility index (Phi) is 5.22. The summed E-state index contributed by atoms with van der Waals surface area (Å²) in [5.74, 6) is 2.75. The van der Waals surface area contributed by atoms with Crippen molar-refractivity contribution in [2.75, 3.05) is 0 Å². The molecule has 11 atom stereocenters. The Bertz CT molecular complexity index is 550. The molecule has 0 saturated heterocycles.